The summed E-state index contributed by atoms with van der Waals surface area (Å²) in [6.45, 7) is 4.97. The highest BCUT2D eigenvalue weighted by Gasteiger charge is 2.04. The van der Waals surface area contributed by atoms with Gasteiger partial charge in [-0.1, -0.05) is 6.07 Å². The van der Waals surface area contributed by atoms with Gasteiger partial charge in [0.25, 0.3) is 0 Å². The quantitative estimate of drug-likeness (QED) is 0.872. The summed E-state index contributed by atoms with van der Waals surface area (Å²) in [7, 11) is 0. The van der Waals surface area contributed by atoms with Crippen molar-refractivity contribution in [1.29, 1.82) is 0 Å². The van der Waals surface area contributed by atoms with E-state index in [1.807, 2.05) is 37.6 Å². The number of pyridine rings is 2. The minimum Gasteiger partial charge on any atom is -0.305 e. The van der Waals surface area contributed by atoms with Gasteiger partial charge in [0.2, 0.25) is 0 Å². The minimum absolute atomic E-state index is 0.307. The van der Waals surface area contributed by atoms with Crippen molar-refractivity contribution in [3.63, 3.8) is 0 Å². The SMILES string of the molecule is Cc1ccc(CNC(C)c2ccncc2)nc1. The van der Waals surface area contributed by atoms with Crippen LogP contribution in [-0.2, 0) is 6.54 Å². The first kappa shape index (κ1) is 11.7. The topological polar surface area (TPSA) is 37.8 Å². The molecule has 2 aromatic heterocycles. The molecule has 2 aromatic rings. The van der Waals surface area contributed by atoms with Gasteiger partial charge in [0.1, 0.15) is 0 Å². The first-order valence-corrected chi connectivity index (χ1v) is 5.80. The monoisotopic (exact) mass is 227 g/mol. The molecule has 0 aliphatic heterocycles. The molecule has 0 amide bonds. The maximum atomic E-state index is 4.37. The zero-order valence-electron chi connectivity index (χ0n) is 10.2. The summed E-state index contributed by atoms with van der Waals surface area (Å²) < 4.78 is 0. The highest BCUT2D eigenvalue weighted by atomic mass is 14.9. The van der Waals surface area contributed by atoms with E-state index < -0.39 is 0 Å². The Morgan fingerprint density at radius 3 is 2.59 bits per heavy atom. The van der Waals surface area contributed by atoms with Crippen LogP contribution in [-0.4, -0.2) is 9.97 Å². The van der Waals surface area contributed by atoms with Gasteiger partial charge in [-0.05, 0) is 43.2 Å². The third-order valence-corrected chi connectivity index (χ3v) is 2.77. The van der Waals surface area contributed by atoms with E-state index in [4.69, 9.17) is 0 Å². The van der Waals surface area contributed by atoms with Crippen LogP contribution in [0.15, 0.2) is 42.9 Å². The Morgan fingerprint density at radius 1 is 1.18 bits per heavy atom. The Labute approximate surface area is 102 Å². The molecule has 1 unspecified atom stereocenters. The molecule has 0 saturated heterocycles. The minimum atomic E-state index is 0.307. The summed E-state index contributed by atoms with van der Waals surface area (Å²) >= 11 is 0. The van der Waals surface area contributed by atoms with Crippen molar-refractivity contribution in [3.05, 3.63) is 59.7 Å². The summed E-state index contributed by atoms with van der Waals surface area (Å²) in [5.74, 6) is 0. The molecule has 0 spiro atoms. The molecule has 2 rings (SSSR count). The third kappa shape index (κ3) is 3.36. The van der Waals surface area contributed by atoms with Gasteiger partial charge < -0.3 is 5.32 Å². The van der Waals surface area contributed by atoms with E-state index in [9.17, 15) is 0 Å². The summed E-state index contributed by atoms with van der Waals surface area (Å²) in [5, 5.41) is 3.44. The molecule has 0 saturated carbocycles. The Morgan fingerprint density at radius 2 is 1.94 bits per heavy atom. The number of hydrogen-bond acceptors (Lipinski definition) is 3. The van der Waals surface area contributed by atoms with Crippen LogP contribution in [0.2, 0.25) is 0 Å². The molecule has 3 heteroatoms. The van der Waals surface area contributed by atoms with Gasteiger partial charge in [-0.2, -0.15) is 0 Å². The lowest BCUT2D eigenvalue weighted by atomic mass is 10.1. The van der Waals surface area contributed by atoms with E-state index in [1.165, 1.54) is 11.1 Å². The fraction of sp³-hybridized carbons (Fsp3) is 0.286. The molecule has 0 radical (unpaired) electrons. The van der Waals surface area contributed by atoms with Crippen LogP contribution in [0, 0.1) is 6.92 Å². The molecular weight excluding hydrogens is 210 g/mol. The van der Waals surface area contributed by atoms with Crippen molar-refractivity contribution in [3.8, 4) is 0 Å². The van der Waals surface area contributed by atoms with Crippen LogP contribution < -0.4 is 5.32 Å². The average Bonchev–Trinajstić information content (AvgIpc) is 2.39. The third-order valence-electron chi connectivity index (χ3n) is 2.77. The van der Waals surface area contributed by atoms with E-state index in [0.717, 1.165) is 12.2 Å². The number of rotatable bonds is 4. The molecule has 0 fully saturated rings. The second-order valence-corrected chi connectivity index (χ2v) is 4.21. The van der Waals surface area contributed by atoms with Crippen LogP contribution in [0.4, 0.5) is 0 Å². The smallest absolute Gasteiger partial charge is 0.0542 e. The number of hydrogen-bond donors (Lipinski definition) is 1. The zero-order valence-corrected chi connectivity index (χ0v) is 10.2. The van der Waals surface area contributed by atoms with Crippen LogP contribution in [0.3, 0.4) is 0 Å². The van der Waals surface area contributed by atoms with Crippen molar-refractivity contribution < 1.29 is 0 Å². The van der Waals surface area contributed by atoms with Crippen LogP contribution >= 0.6 is 0 Å². The molecule has 88 valence electrons. The fourth-order valence-corrected chi connectivity index (χ4v) is 1.63. The first-order valence-electron chi connectivity index (χ1n) is 5.80. The molecule has 1 N–H and O–H groups in total. The Kier molecular flexibility index (Phi) is 3.83. The molecular formula is C14H17N3. The maximum Gasteiger partial charge on any atom is 0.0542 e. The standard InChI is InChI=1S/C14H17N3/c1-11-3-4-14(17-9-11)10-16-12(2)13-5-7-15-8-6-13/h3-9,12,16H,10H2,1-2H3. The largest absolute Gasteiger partial charge is 0.305 e. The van der Waals surface area contributed by atoms with Crippen molar-refractivity contribution in [2.45, 2.75) is 26.4 Å². The lowest BCUT2D eigenvalue weighted by Gasteiger charge is -2.13. The van der Waals surface area contributed by atoms with Crippen molar-refractivity contribution in [1.82, 2.24) is 15.3 Å². The van der Waals surface area contributed by atoms with Gasteiger partial charge in [-0.3, -0.25) is 9.97 Å². The molecule has 3 nitrogen and oxygen atoms in total. The van der Waals surface area contributed by atoms with Gasteiger partial charge in [0, 0.05) is 31.2 Å². The van der Waals surface area contributed by atoms with E-state index in [0.29, 0.717) is 6.04 Å². The van der Waals surface area contributed by atoms with E-state index >= 15 is 0 Å². The Balaban J connectivity index is 1.92. The zero-order chi connectivity index (χ0) is 12.1. The van der Waals surface area contributed by atoms with Gasteiger partial charge in [-0.25, -0.2) is 0 Å². The van der Waals surface area contributed by atoms with Crippen LogP contribution in [0.5, 0.6) is 0 Å². The van der Waals surface area contributed by atoms with Crippen molar-refractivity contribution in [2.75, 3.05) is 0 Å². The number of aryl methyl sites for hydroxylation is 1. The average molecular weight is 227 g/mol. The highest BCUT2D eigenvalue weighted by Crippen LogP contribution is 2.10. The summed E-state index contributed by atoms with van der Waals surface area (Å²) in [4.78, 5) is 8.38. The number of nitrogens with one attached hydrogen (secondary N) is 1. The van der Waals surface area contributed by atoms with E-state index in [2.05, 4.69) is 34.3 Å². The molecule has 0 aliphatic rings. The van der Waals surface area contributed by atoms with Gasteiger partial charge in [0.15, 0.2) is 0 Å². The van der Waals surface area contributed by atoms with Gasteiger partial charge in [-0.15, -0.1) is 0 Å². The first-order chi connectivity index (χ1) is 8.25. The molecule has 2 heterocycles. The predicted molar refractivity (Wildman–Crippen MR) is 68.5 cm³/mol. The molecule has 1 atom stereocenters. The Bertz CT molecular complexity index is 451. The normalized spacial score (nSPS) is 12.4. The molecule has 0 bridgehead atoms. The number of nitrogens with zero attached hydrogens (tertiary/aromatic N) is 2. The molecule has 17 heavy (non-hydrogen) atoms. The number of aromatic nitrogens is 2. The van der Waals surface area contributed by atoms with Crippen LogP contribution in [0.1, 0.15) is 29.8 Å². The second-order valence-electron chi connectivity index (χ2n) is 4.21. The lowest BCUT2D eigenvalue weighted by molar-refractivity contribution is 0.567. The van der Waals surface area contributed by atoms with Crippen molar-refractivity contribution in [2.24, 2.45) is 0 Å². The van der Waals surface area contributed by atoms with E-state index in [1.54, 1.807) is 0 Å². The maximum absolute atomic E-state index is 4.37. The van der Waals surface area contributed by atoms with Gasteiger partial charge in [0.05, 0.1) is 5.69 Å². The fourth-order valence-electron chi connectivity index (χ4n) is 1.63. The Hall–Kier alpha value is -1.74. The summed E-state index contributed by atoms with van der Waals surface area (Å²) in [6, 6.07) is 8.50. The molecule has 0 aromatic carbocycles. The summed E-state index contributed by atoms with van der Waals surface area (Å²) in [6.07, 6.45) is 5.53. The predicted octanol–water partition coefficient (Wildman–Crippen LogP) is 2.64. The highest BCUT2D eigenvalue weighted by molar-refractivity contribution is 5.15. The lowest BCUT2D eigenvalue weighted by Crippen LogP contribution is -2.18. The molecule has 0 aliphatic carbocycles. The van der Waals surface area contributed by atoms with Crippen LogP contribution in [0.25, 0.3) is 0 Å². The van der Waals surface area contributed by atoms with E-state index in [-0.39, 0.29) is 0 Å². The van der Waals surface area contributed by atoms with Gasteiger partial charge >= 0.3 is 0 Å². The summed E-state index contributed by atoms with van der Waals surface area (Å²) in [5.41, 5.74) is 3.50. The van der Waals surface area contributed by atoms with Crippen molar-refractivity contribution >= 4 is 0 Å². The second kappa shape index (κ2) is 5.55.